The zero-order valence-corrected chi connectivity index (χ0v) is 14.5. The summed E-state index contributed by atoms with van der Waals surface area (Å²) in [7, 11) is 1.77. The van der Waals surface area contributed by atoms with Crippen molar-refractivity contribution in [3.8, 4) is 0 Å². The first-order chi connectivity index (χ1) is 11.0. The van der Waals surface area contributed by atoms with E-state index in [1.54, 1.807) is 13.1 Å². The van der Waals surface area contributed by atoms with E-state index in [-0.39, 0.29) is 5.91 Å². The van der Waals surface area contributed by atoms with Crippen LogP contribution in [-0.4, -0.2) is 63.9 Å². The largest absolute Gasteiger partial charge is 0.357 e. The van der Waals surface area contributed by atoms with E-state index in [0.717, 1.165) is 25.2 Å². The van der Waals surface area contributed by atoms with Crippen LogP contribution in [-0.2, 0) is 0 Å². The molecule has 126 valence electrons. The van der Waals surface area contributed by atoms with Crippen LogP contribution in [0, 0.1) is 6.92 Å². The second-order valence-corrected chi connectivity index (χ2v) is 6.93. The summed E-state index contributed by atoms with van der Waals surface area (Å²) in [6.07, 6.45) is 3.52. The van der Waals surface area contributed by atoms with Crippen LogP contribution in [0.1, 0.15) is 49.3 Å². The molecular weight excluding hydrogens is 290 g/mol. The Hall–Kier alpha value is -1.69. The molecule has 1 N–H and O–H groups in total. The number of hydrogen-bond acceptors (Lipinski definition) is 5. The number of rotatable bonds is 3. The summed E-state index contributed by atoms with van der Waals surface area (Å²) in [5.41, 5.74) is 1.31. The fraction of sp³-hybridized carbons (Fsp3) is 0.706. The summed E-state index contributed by atoms with van der Waals surface area (Å²) in [5, 5.41) is 2.93. The molecule has 3 rings (SSSR count). The molecule has 2 fully saturated rings. The minimum Gasteiger partial charge on any atom is -0.357 e. The topological polar surface area (TPSA) is 61.4 Å². The maximum Gasteiger partial charge on any atom is 0.272 e. The van der Waals surface area contributed by atoms with E-state index in [2.05, 4.69) is 34.0 Å². The number of nitrogens with zero attached hydrogens (tertiary/aromatic N) is 4. The summed E-state index contributed by atoms with van der Waals surface area (Å²) in [6.45, 7) is 8.04. The Morgan fingerprint density at radius 2 is 2.00 bits per heavy atom. The highest BCUT2D eigenvalue weighted by atomic mass is 16.2. The van der Waals surface area contributed by atoms with E-state index in [1.807, 2.05) is 11.8 Å². The fourth-order valence-corrected chi connectivity index (χ4v) is 4.09. The molecule has 0 aromatic carbocycles. The van der Waals surface area contributed by atoms with Gasteiger partial charge in [-0.1, -0.05) is 0 Å². The Balaban J connectivity index is 1.80. The van der Waals surface area contributed by atoms with Gasteiger partial charge in [0.1, 0.15) is 5.69 Å². The summed E-state index contributed by atoms with van der Waals surface area (Å²) in [4.78, 5) is 26.1. The van der Waals surface area contributed by atoms with Crippen molar-refractivity contribution in [2.24, 2.45) is 0 Å². The number of aromatic nitrogens is 2. The monoisotopic (exact) mass is 317 g/mol. The lowest BCUT2D eigenvalue weighted by atomic mass is 10.1. The predicted molar refractivity (Wildman–Crippen MR) is 90.6 cm³/mol. The smallest absolute Gasteiger partial charge is 0.272 e. The highest BCUT2D eigenvalue weighted by molar-refractivity contribution is 5.92. The molecule has 23 heavy (non-hydrogen) atoms. The molecule has 0 radical (unpaired) electrons. The summed E-state index contributed by atoms with van der Waals surface area (Å²) in [6, 6.07) is 3.43. The second kappa shape index (κ2) is 6.43. The predicted octanol–water partition coefficient (Wildman–Crippen LogP) is 1.91. The van der Waals surface area contributed by atoms with Crippen LogP contribution < -0.4 is 5.32 Å². The number of likely N-dealkylation sites (tertiary alicyclic amines) is 1. The van der Waals surface area contributed by atoms with Gasteiger partial charge in [0, 0.05) is 44.0 Å². The molecule has 2 atom stereocenters. The first-order valence-electron chi connectivity index (χ1n) is 8.59. The van der Waals surface area contributed by atoms with Crippen LogP contribution in [0.3, 0.4) is 0 Å². The Kier molecular flexibility index (Phi) is 4.53. The number of carbonyl (C=O) groups excluding carboxylic acids is 1. The van der Waals surface area contributed by atoms with Gasteiger partial charge < -0.3 is 10.2 Å². The van der Waals surface area contributed by atoms with Crippen LogP contribution >= 0.6 is 0 Å². The first kappa shape index (κ1) is 16.2. The number of nitrogens with one attached hydrogen (secondary N) is 1. The zero-order chi connectivity index (χ0) is 16.6. The van der Waals surface area contributed by atoms with Gasteiger partial charge in [0.15, 0.2) is 0 Å². The van der Waals surface area contributed by atoms with E-state index in [0.29, 0.717) is 29.8 Å². The number of hydrogen-bond donors (Lipinski definition) is 1. The zero-order valence-electron chi connectivity index (χ0n) is 14.5. The average Bonchev–Trinajstić information content (AvgIpc) is 2.80. The van der Waals surface area contributed by atoms with Crippen LogP contribution in [0.2, 0.25) is 0 Å². The highest BCUT2D eigenvalue weighted by Crippen LogP contribution is 2.32. The van der Waals surface area contributed by atoms with Gasteiger partial charge in [0.2, 0.25) is 5.95 Å². The third-order valence-corrected chi connectivity index (χ3v) is 5.02. The van der Waals surface area contributed by atoms with Gasteiger partial charge in [0.25, 0.3) is 5.91 Å². The van der Waals surface area contributed by atoms with Crippen molar-refractivity contribution >= 4 is 11.9 Å². The van der Waals surface area contributed by atoms with Crippen LogP contribution in [0.25, 0.3) is 0 Å². The molecule has 2 aliphatic heterocycles. The minimum atomic E-state index is 0.0308. The van der Waals surface area contributed by atoms with E-state index in [9.17, 15) is 4.79 Å². The van der Waals surface area contributed by atoms with E-state index in [4.69, 9.17) is 0 Å². The number of aryl methyl sites for hydroxylation is 1. The maximum absolute atomic E-state index is 12.9. The van der Waals surface area contributed by atoms with E-state index >= 15 is 0 Å². The van der Waals surface area contributed by atoms with Gasteiger partial charge in [0.05, 0.1) is 0 Å². The lowest BCUT2D eigenvalue weighted by Gasteiger charge is -2.32. The van der Waals surface area contributed by atoms with Crippen LogP contribution in [0.5, 0.6) is 0 Å². The Morgan fingerprint density at radius 1 is 1.26 bits per heavy atom. The molecule has 0 spiro atoms. The normalized spacial score (nSPS) is 24.8. The SMILES string of the molecule is CNc1nc(C)cc(C(=O)N2CCC3CCC(C2)N3C(C)C)n1. The van der Waals surface area contributed by atoms with Crippen molar-refractivity contribution < 1.29 is 4.79 Å². The molecule has 2 saturated heterocycles. The van der Waals surface area contributed by atoms with Gasteiger partial charge in [-0.2, -0.15) is 0 Å². The summed E-state index contributed by atoms with van der Waals surface area (Å²) in [5.74, 6) is 0.539. The fourth-order valence-electron chi connectivity index (χ4n) is 4.09. The molecule has 2 unspecified atom stereocenters. The van der Waals surface area contributed by atoms with Crippen molar-refractivity contribution in [2.75, 3.05) is 25.5 Å². The average molecular weight is 317 g/mol. The van der Waals surface area contributed by atoms with Gasteiger partial charge in [-0.3, -0.25) is 9.69 Å². The van der Waals surface area contributed by atoms with Crippen molar-refractivity contribution in [3.63, 3.8) is 0 Å². The van der Waals surface area contributed by atoms with Gasteiger partial charge in [-0.25, -0.2) is 9.97 Å². The Morgan fingerprint density at radius 3 is 2.70 bits per heavy atom. The number of anilines is 1. The lowest BCUT2D eigenvalue weighted by Crippen LogP contribution is -2.44. The van der Waals surface area contributed by atoms with Gasteiger partial charge >= 0.3 is 0 Å². The maximum atomic E-state index is 12.9. The highest BCUT2D eigenvalue weighted by Gasteiger charge is 2.39. The molecule has 1 aromatic heterocycles. The van der Waals surface area contributed by atoms with Gasteiger partial charge in [-0.15, -0.1) is 0 Å². The van der Waals surface area contributed by atoms with Crippen molar-refractivity contribution in [3.05, 3.63) is 17.5 Å². The van der Waals surface area contributed by atoms with Crippen molar-refractivity contribution in [2.45, 2.75) is 58.2 Å². The Bertz CT molecular complexity index is 588. The Labute approximate surface area is 138 Å². The standard InChI is InChI=1S/C17H27N5O/c1-11(2)22-13-5-6-14(22)10-21(8-7-13)16(23)15-9-12(3)19-17(18-4)20-15/h9,11,13-14H,5-8,10H2,1-4H3,(H,18,19,20). The van der Waals surface area contributed by atoms with Crippen LogP contribution in [0.15, 0.2) is 6.07 Å². The van der Waals surface area contributed by atoms with Crippen LogP contribution in [0.4, 0.5) is 5.95 Å². The van der Waals surface area contributed by atoms with Crippen molar-refractivity contribution in [1.29, 1.82) is 0 Å². The number of carbonyl (C=O) groups is 1. The molecule has 0 aliphatic carbocycles. The quantitative estimate of drug-likeness (QED) is 0.923. The number of fused-ring (bicyclic) bond motifs is 2. The van der Waals surface area contributed by atoms with Crippen molar-refractivity contribution in [1.82, 2.24) is 19.8 Å². The summed E-state index contributed by atoms with van der Waals surface area (Å²) >= 11 is 0. The summed E-state index contributed by atoms with van der Waals surface area (Å²) < 4.78 is 0. The second-order valence-electron chi connectivity index (χ2n) is 6.93. The molecule has 0 saturated carbocycles. The first-order valence-corrected chi connectivity index (χ1v) is 8.59. The molecule has 3 heterocycles. The minimum absolute atomic E-state index is 0.0308. The van der Waals surface area contributed by atoms with E-state index in [1.165, 1.54) is 12.8 Å². The molecule has 1 aromatic rings. The molecule has 1 amide bonds. The number of amides is 1. The van der Waals surface area contributed by atoms with E-state index < -0.39 is 0 Å². The van der Waals surface area contributed by atoms with Gasteiger partial charge in [-0.05, 0) is 46.1 Å². The lowest BCUT2D eigenvalue weighted by molar-refractivity contribution is 0.0722. The molecule has 2 bridgehead atoms. The molecule has 6 heteroatoms. The molecule has 6 nitrogen and oxygen atoms in total. The third kappa shape index (κ3) is 3.17. The molecular formula is C17H27N5O. The molecule has 2 aliphatic rings. The third-order valence-electron chi connectivity index (χ3n) is 5.02.